The van der Waals surface area contributed by atoms with Gasteiger partial charge in [-0.15, -0.1) is 0 Å². The van der Waals surface area contributed by atoms with E-state index in [0.717, 1.165) is 0 Å². The van der Waals surface area contributed by atoms with Crippen molar-refractivity contribution in [2.24, 2.45) is 5.73 Å². The molecule has 0 aromatic heterocycles. The summed E-state index contributed by atoms with van der Waals surface area (Å²) < 4.78 is 0. The van der Waals surface area contributed by atoms with Crippen molar-refractivity contribution in [1.82, 2.24) is 0 Å². The van der Waals surface area contributed by atoms with E-state index in [1.165, 1.54) is 6.92 Å². The van der Waals surface area contributed by atoms with Gasteiger partial charge in [0.1, 0.15) is 6.04 Å². The summed E-state index contributed by atoms with van der Waals surface area (Å²) in [5.41, 5.74) is 4.84. The number of hydrogen-bond donors (Lipinski definition) is 2. The van der Waals surface area contributed by atoms with Gasteiger partial charge in [-0.1, -0.05) is 0 Å². The molecule has 0 aliphatic heterocycles. The van der Waals surface area contributed by atoms with Gasteiger partial charge in [0.05, 0.1) is 0 Å². The summed E-state index contributed by atoms with van der Waals surface area (Å²) >= 11 is 0. The Kier molecular flexibility index (Phi) is 6.43. The minimum absolute atomic E-state index is 0. The Morgan fingerprint density at radius 3 is 2.00 bits per heavy atom. The SMILES string of the molecule is C[C@H](N)C(=O)O.[SnH4]. The number of hydrogen-bond acceptors (Lipinski definition) is 2. The Bertz CT molecular complexity index is 64.0. The quantitative estimate of drug-likeness (QED) is 0.492. The third-order valence-electron chi connectivity index (χ3n) is 0.390. The standard InChI is InChI=1S/C3H7NO2.Sn.4H/c1-2(4)3(5)6;;;;;/h2H,4H2,1H3,(H,5,6);;;;;/t2-;;;;;/m0...../s1. The van der Waals surface area contributed by atoms with Crippen molar-refractivity contribution in [3.63, 3.8) is 0 Å². The van der Waals surface area contributed by atoms with E-state index < -0.39 is 12.0 Å². The van der Waals surface area contributed by atoms with E-state index in [0.29, 0.717) is 0 Å². The maximum absolute atomic E-state index is 9.57. The first-order valence-corrected chi connectivity index (χ1v) is 1.63. The summed E-state index contributed by atoms with van der Waals surface area (Å²) in [6.07, 6.45) is 0. The zero-order valence-corrected chi connectivity index (χ0v) is 3.51. The fourth-order valence-electron chi connectivity index (χ4n) is 0. The molecule has 7 heavy (non-hydrogen) atoms. The van der Waals surface area contributed by atoms with Gasteiger partial charge >= 0.3 is 29.9 Å². The number of carbonyl (C=O) groups is 1. The van der Waals surface area contributed by atoms with Crippen LogP contribution in [0.3, 0.4) is 0 Å². The Hall–Kier alpha value is 0.229. The molecule has 0 aromatic carbocycles. The Labute approximate surface area is 58.8 Å². The van der Waals surface area contributed by atoms with Crippen LogP contribution >= 0.6 is 0 Å². The third-order valence-corrected chi connectivity index (χ3v) is 0.390. The summed E-state index contributed by atoms with van der Waals surface area (Å²) in [5, 5.41) is 7.87. The van der Waals surface area contributed by atoms with Crippen molar-refractivity contribution in [3.05, 3.63) is 0 Å². The Morgan fingerprint density at radius 2 is 2.00 bits per heavy atom. The average Bonchev–Trinajstić information content (AvgIpc) is 1.36. The molecule has 0 saturated heterocycles. The molecular weight excluding hydrogens is 201 g/mol. The van der Waals surface area contributed by atoms with Crippen molar-refractivity contribution in [1.29, 1.82) is 0 Å². The van der Waals surface area contributed by atoms with Gasteiger partial charge in [0.25, 0.3) is 0 Å². The second-order valence-electron chi connectivity index (χ2n) is 1.13. The van der Waals surface area contributed by atoms with E-state index in [2.05, 4.69) is 0 Å². The van der Waals surface area contributed by atoms with E-state index in [1.54, 1.807) is 0 Å². The zero-order chi connectivity index (χ0) is 5.15. The zero-order valence-electron chi connectivity index (χ0n) is 3.51. The molecule has 0 aliphatic rings. The van der Waals surface area contributed by atoms with Crippen LogP contribution in [0.4, 0.5) is 0 Å². The molecule has 1 atom stereocenters. The first kappa shape index (κ1) is 10.3. The molecule has 0 fully saturated rings. The molecular formula is C3H11NO2Sn. The second-order valence-corrected chi connectivity index (χ2v) is 1.13. The summed E-state index contributed by atoms with van der Waals surface area (Å²) in [7, 11) is 0. The summed E-state index contributed by atoms with van der Waals surface area (Å²) in [6.45, 7) is 1.42. The van der Waals surface area contributed by atoms with Gasteiger partial charge < -0.3 is 10.8 Å². The fraction of sp³-hybridized carbons (Fsp3) is 0.667. The normalized spacial score (nSPS) is 11.7. The van der Waals surface area contributed by atoms with Crippen LogP contribution in [0, 0.1) is 0 Å². The van der Waals surface area contributed by atoms with Crippen LogP contribution in [0.1, 0.15) is 6.92 Å². The van der Waals surface area contributed by atoms with E-state index in [1.807, 2.05) is 0 Å². The van der Waals surface area contributed by atoms with Crippen molar-refractivity contribution in [3.8, 4) is 0 Å². The van der Waals surface area contributed by atoms with Crippen LogP contribution in [0.25, 0.3) is 0 Å². The number of rotatable bonds is 1. The fourth-order valence-corrected chi connectivity index (χ4v) is 0. The van der Waals surface area contributed by atoms with Gasteiger partial charge in [0.15, 0.2) is 0 Å². The van der Waals surface area contributed by atoms with Crippen molar-refractivity contribution >= 4 is 29.9 Å². The summed E-state index contributed by atoms with van der Waals surface area (Å²) in [5.74, 6) is -0.963. The molecule has 3 nitrogen and oxygen atoms in total. The van der Waals surface area contributed by atoms with Crippen LogP contribution in [0.5, 0.6) is 0 Å². The van der Waals surface area contributed by atoms with Gasteiger partial charge in [-0.25, -0.2) is 0 Å². The predicted octanol–water partition coefficient (Wildman–Crippen LogP) is -2.03. The molecule has 44 valence electrons. The number of aliphatic carboxylic acids is 1. The van der Waals surface area contributed by atoms with Gasteiger partial charge in [-0.2, -0.15) is 0 Å². The van der Waals surface area contributed by atoms with Gasteiger partial charge in [0, 0.05) is 0 Å². The molecule has 0 saturated carbocycles. The van der Waals surface area contributed by atoms with Crippen LogP contribution < -0.4 is 5.73 Å². The molecule has 0 radical (unpaired) electrons. The van der Waals surface area contributed by atoms with Gasteiger partial charge in [0.2, 0.25) is 0 Å². The average molecular weight is 212 g/mol. The maximum atomic E-state index is 9.57. The molecule has 0 rings (SSSR count). The molecule has 0 aliphatic carbocycles. The first-order valence-electron chi connectivity index (χ1n) is 1.63. The Morgan fingerprint density at radius 1 is 1.86 bits per heavy atom. The van der Waals surface area contributed by atoms with Gasteiger partial charge in [-0.05, 0) is 6.92 Å². The molecule has 4 heteroatoms. The van der Waals surface area contributed by atoms with Crippen LogP contribution in [0.15, 0.2) is 0 Å². The molecule has 0 aromatic rings. The van der Waals surface area contributed by atoms with Crippen LogP contribution in [-0.4, -0.2) is 41.0 Å². The van der Waals surface area contributed by atoms with E-state index >= 15 is 0 Å². The molecule has 0 spiro atoms. The second kappa shape index (κ2) is 4.39. The number of nitrogens with two attached hydrogens (primary N) is 1. The predicted molar refractivity (Wildman–Crippen MR) is 32.6 cm³/mol. The topological polar surface area (TPSA) is 63.3 Å². The number of carboxylic acid groups (broad SMARTS) is 1. The molecule has 0 unspecified atom stereocenters. The van der Waals surface area contributed by atoms with Crippen molar-refractivity contribution in [2.45, 2.75) is 13.0 Å². The van der Waals surface area contributed by atoms with Crippen LogP contribution in [0.2, 0.25) is 0 Å². The van der Waals surface area contributed by atoms with E-state index in [-0.39, 0.29) is 23.9 Å². The van der Waals surface area contributed by atoms with Gasteiger partial charge in [-0.3, -0.25) is 4.79 Å². The van der Waals surface area contributed by atoms with Crippen LogP contribution in [-0.2, 0) is 4.79 Å². The van der Waals surface area contributed by atoms with Crippen molar-refractivity contribution in [2.75, 3.05) is 0 Å². The molecule has 0 bridgehead atoms. The minimum atomic E-state index is -0.963. The van der Waals surface area contributed by atoms with E-state index in [9.17, 15) is 4.79 Å². The molecule has 0 heterocycles. The first-order chi connectivity index (χ1) is 2.64. The van der Waals surface area contributed by atoms with Crippen molar-refractivity contribution < 1.29 is 9.90 Å². The number of carboxylic acids is 1. The summed E-state index contributed by atoms with van der Waals surface area (Å²) in [4.78, 5) is 9.57. The summed E-state index contributed by atoms with van der Waals surface area (Å²) in [6, 6.07) is -0.731. The monoisotopic (exact) mass is 213 g/mol. The molecule has 0 amide bonds. The third kappa shape index (κ3) is 6.23. The molecule has 3 N–H and O–H groups in total. The van der Waals surface area contributed by atoms with E-state index in [4.69, 9.17) is 10.8 Å². The Balaban J connectivity index is 0.